The lowest BCUT2D eigenvalue weighted by molar-refractivity contribution is 0.480. The van der Waals surface area contributed by atoms with E-state index in [4.69, 9.17) is 0 Å². The molecule has 1 aromatic rings. The summed E-state index contributed by atoms with van der Waals surface area (Å²) in [5, 5.41) is 3.65. The predicted octanol–water partition coefficient (Wildman–Crippen LogP) is 4.44. The third-order valence-corrected chi connectivity index (χ3v) is 5.08. The maximum absolute atomic E-state index is 3.65. The average Bonchev–Trinajstić information content (AvgIpc) is 3.12. The third kappa shape index (κ3) is 3.68. The topological polar surface area (TPSA) is 12.0 Å². The lowest BCUT2D eigenvalue weighted by Gasteiger charge is -2.20. The lowest BCUT2D eigenvalue weighted by atomic mass is 9.99. The maximum atomic E-state index is 3.65. The third-order valence-electron chi connectivity index (χ3n) is 3.61. The SMILES string of the molecule is CCNC(CCC1CC1)c1cccc(C)c1I. The molecular weight excluding hydrogens is 321 g/mol. The van der Waals surface area contributed by atoms with Gasteiger partial charge < -0.3 is 5.32 Å². The van der Waals surface area contributed by atoms with Crippen molar-refractivity contribution >= 4 is 22.6 Å². The van der Waals surface area contributed by atoms with E-state index in [1.54, 1.807) is 0 Å². The van der Waals surface area contributed by atoms with Gasteiger partial charge in [-0.1, -0.05) is 38.0 Å². The predicted molar refractivity (Wildman–Crippen MR) is 82.3 cm³/mol. The number of nitrogens with one attached hydrogen (secondary N) is 1. The molecule has 1 aliphatic carbocycles. The van der Waals surface area contributed by atoms with E-state index in [0.717, 1.165) is 12.5 Å². The van der Waals surface area contributed by atoms with Gasteiger partial charge in [-0.3, -0.25) is 0 Å². The first-order valence-electron chi connectivity index (χ1n) is 6.70. The summed E-state index contributed by atoms with van der Waals surface area (Å²) in [6, 6.07) is 7.23. The van der Waals surface area contributed by atoms with Crippen LogP contribution in [0.5, 0.6) is 0 Å². The molecule has 17 heavy (non-hydrogen) atoms. The van der Waals surface area contributed by atoms with E-state index in [-0.39, 0.29) is 0 Å². The van der Waals surface area contributed by atoms with Crippen molar-refractivity contribution in [2.75, 3.05) is 6.54 Å². The molecule has 0 spiro atoms. The molecule has 0 amide bonds. The van der Waals surface area contributed by atoms with Gasteiger partial charge in [-0.05, 0) is 65.9 Å². The van der Waals surface area contributed by atoms with Crippen LogP contribution in [0.15, 0.2) is 18.2 Å². The Labute approximate surface area is 119 Å². The second-order valence-corrected chi connectivity index (χ2v) is 6.19. The Morgan fingerprint density at radius 2 is 2.18 bits per heavy atom. The van der Waals surface area contributed by atoms with Gasteiger partial charge in [0.05, 0.1) is 0 Å². The molecule has 1 aromatic carbocycles. The minimum absolute atomic E-state index is 0.549. The van der Waals surface area contributed by atoms with E-state index in [2.05, 4.69) is 60.0 Å². The van der Waals surface area contributed by atoms with E-state index >= 15 is 0 Å². The van der Waals surface area contributed by atoms with Crippen LogP contribution in [0.1, 0.15) is 49.8 Å². The molecule has 2 heteroatoms. The van der Waals surface area contributed by atoms with Gasteiger partial charge in [-0.2, -0.15) is 0 Å². The molecule has 0 saturated heterocycles. The standard InChI is InChI=1S/C15H22IN/c1-3-17-14(10-9-12-7-8-12)13-6-4-5-11(2)15(13)16/h4-6,12,14,17H,3,7-10H2,1-2H3. The summed E-state index contributed by atoms with van der Waals surface area (Å²) in [6.07, 6.45) is 5.60. The normalized spacial score (nSPS) is 17.1. The Bertz CT molecular complexity index is 371. The van der Waals surface area contributed by atoms with Gasteiger partial charge in [-0.25, -0.2) is 0 Å². The fraction of sp³-hybridized carbons (Fsp3) is 0.600. The highest BCUT2D eigenvalue weighted by Crippen LogP contribution is 2.36. The Hall–Kier alpha value is -0.0900. The van der Waals surface area contributed by atoms with Crippen LogP contribution in [0.25, 0.3) is 0 Å². The van der Waals surface area contributed by atoms with Gasteiger partial charge in [0.15, 0.2) is 0 Å². The molecule has 1 saturated carbocycles. The molecule has 0 radical (unpaired) electrons. The van der Waals surface area contributed by atoms with Crippen molar-refractivity contribution in [1.82, 2.24) is 5.32 Å². The first-order chi connectivity index (χ1) is 8.22. The summed E-state index contributed by atoms with van der Waals surface area (Å²) >= 11 is 2.49. The Morgan fingerprint density at radius 3 is 2.82 bits per heavy atom. The number of halogens is 1. The summed E-state index contributed by atoms with van der Waals surface area (Å²) in [4.78, 5) is 0. The van der Waals surface area contributed by atoms with Gasteiger partial charge in [0.2, 0.25) is 0 Å². The molecule has 94 valence electrons. The van der Waals surface area contributed by atoms with Crippen LogP contribution in [0.4, 0.5) is 0 Å². The number of hydrogen-bond donors (Lipinski definition) is 1. The molecule has 1 aliphatic rings. The van der Waals surface area contributed by atoms with Crippen molar-refractivity contribution in [3.8, 4) is 0 Å². The van der Waals surface area contributed by atoms with Crippen LogP contribution < -0.4 is 5.32 Å². The fourth-order valence-corrected chi connectivity index (χ4v) is 3.10. The first-order valence-corrected chi connectivity index (χ1v) is 7.78. The highest BCUT2D eigenvalue weighted by atomic mass is 127. The Morgan fingerprint density at radius 1 is 1.41 bits per heavy atom. The van der Waals surface area contributed by atoms with Gasteiger partial charge in [0.25, 0.3) is 0 Å². The first kappa shape index (κ1) is 13.3. The molecule has 0 heterocycles. The highest BCUT2D eigenvalue weighted by molar-refractivity contribution is 14.1. The quantitative estimate of drug-likeness (QED) is 0.753. The van der Waals surface area contributed by atoms with Crippen molar-refractivity contribution < 1.29 is 0 Å². The lowest BCUT2D eigenvalue weighted by Crippen LogP contribution is -2.22. The van der Waals surface area contributed by atoms with Gasteiger partial charge >= 0.3 is 0 Å². The van der Waals surface area contributed by atoms with Crippen molar-refractivity contribution in [3.05, 3.63) is 32.9 Å². The molecule has 1 fully saturated rings. The summed E-state index contributed by atoms with van der Waals surface area (Å²) in [7, 11) is 0. The van der Waals surface area contributed by atoms with Crippen LogP contribution in [-0.4, -0.2) is 6.54 Å². The summed E-state index contributed by atoms with van der Waals surface area (Å²) in [5.41, 5.74) is 2.89. The molecule has 0 aromatic heterocycles. The van der Waals surface area contributed by atoms with E-state index in [1.807, 2.05) is 0 Å². The van der Waals surface area contributed by atoms with Gasteiger partial charge in [-0.15, -0.1) is 0 Å². The molecule has 0 aliphatic heterocycles. The largest absolute Gasteiger partial charge is 0.310 e. The molecule has 1 N–H and O–H groups in total. The second-order valence-electron chi connectivity index (χ2n) is 5.11. The van der Waals surface area contributed by atoms with Crippen molar-refractivity contribution in [2.24, 2.45) is 5.92 Å². The van der Waals surface area contributed by atoms with Crippen LogP contribution >= 0.6 is 22.6 Å². The highest BCUT2D eigenvalue weighted by Gasteiger charge is 2.23. The number of aryl methyl sites for hydroxylation is 1. The molecule has 1 unspecified atom stereocenters. The monoisotopic (exact) mass is 343 g/mol. The zero-order chi connectivity index (χ0) is 12.3. The average molecular weight is 343 g/mol. The van der Waals surface area contributed by atoms with Crippen LogP contribution in [0, 0.1) is 16.4 Å². The maximum Gasteiger partial charge on any atom is 0.0330 e. The number of hydrogen-bond acceptors (Lipinski definition) is 1. The van der Waals surface area contributed by atoms with Crippen LogP contribution in [-0.2, 0) is 0 Å². The molecule has 0 bridgehead atoms. The number of rotatable bonds is 6. The Kier molecular flexibility index (Phi) is 4.86. The van der Waals surface area contributed by atoms with Crippen molar-refractivity contribution in [3.63, 3.8) is 0 Å². The van der Waals surface area contributed by atoms with E-state index in [1.165, 1.54) is 40.4 Å². The second kappa shape index (κ2) is 6.19. The van der Waals surface area contributed by atoms with E-state index in [0.29, 0.717) is 6.04 Å². The summed E-state index contributed by atoms with van der Waals surface area (Å²) in [5.74, 6) is 1.03. The van der Waals surface area contributed by atoms with Crippen molar-refractivity contribution in [2.45, 2.75) is 45.6 Å². The van der Waals surface area contributed by atoms with E-state index < -0.39 is 0 Å². The fourth-order valence-electron chi connectivity index (χ4n) is 2.36. The minimum atomic E-state index is 0.549. The smallest absolute Gasteiger partial charge is 0.0330 e. The molecule has 2 rings (SSSR count). The molecule has 1 nitrogen and oxygen atoms in total. The minimum Gasteiger partial charge on any atom is -0.310 e. The molecular formula is C15H22IN. The van der Waals surface area contributed by atoms with Gasteiger partial charge in [0, 0.05) is 9.61 Å². The molecule has 1 atom stereocenters. The van der Waals surface area contributed by atoms with Gasteiger partial charge in [0.1, 0.15) is 0 Å². The summed E-state index contributed by atoms with van der Waals surface area (Å²) in [6.45, 7) is 5.46. The van der Waals surface area contributed by atoms with Crippen molar-refractivity contribution in [1.29, 1.82) is 0 Å². The Balaban J connectivity index is 2.09. The zero-order valence-corrected chi connectivity index (χ0v) is 13.0. The van der Waals surface area contributed by atoms with E-state index in [9.17, 15) is 0 Å². The van der Waals surface area contributed by atoms with Crippen LogP contribution in [0.3, 0.4) is 0 Å². The van der Waals surface area contributed by atoms with Crippen LogP contribution in [0.2, 0.25) is 0 Å². The summed E-state index contributed by atoms with van der Waals surface area (Å²) < 4.78 is 1.44. The number of benzene rings is 1. The zero-order valence-electron chi connectivity index (χ0n) is 10.8.